The van der Waals surface area contributed by atoms with Gasteiger partial charge in [-0.2, -0.15) is 5.26 Å². The van der Waals surface area contributed by atoms with Gasteiger partial charge in [-0.3, -0.25) is 4.79 Å². The summed E-state index contributed by atoms with van der Waals surface area (Å²) in [5.41, 5.74) is 0.795. The van der Waals surface area contributed by atoms with Gasteiger partial charge in [0.05, 0.1) is 11.6 Å². The summed E-state index contributed by atoms with van der Waals surface area (Å²) in [5, 5.41) is 14.3. The van der Waals surface area contributed by atoms with Crippen LogP contribution in [0.5, 0.6) is 0 Å². The fourth-order valence-corrected chi connectivity index (χ4v) is 1.47. The molecule has 96 valence electrons. The third-order valence-corrected chi connectivity index (χ3v) is 2.40. The minimum absolute atomic E-state index is 0.0229. The van der Waals surface area contributed by atoms with E-state index in [1.807, 2.05) is 13.0 Å². The number of carbonyl (C=O) groups is 1. The van der Waals surface area contributed by atoms with Crippen LogP contribution in [0.4, 0.5) is 4.39 Å². The van der Waals surface area contributed by atoms with E-state index >= 15 is 0 Å². The van der Waals surface area contributed by atoms with E-state index in [0.717, 1.165) is 0 Å². The molecule has 0 aliphatic carbocycles. The predicted octanol–water partition coefficient (Wildman–Crippen LogP) is 1.31. The van der Waals surface area contributed by atoms with Crippen LogP contribution in [-0.4, -0.2) is 19.0 Å². The van der Waals surface area contributed by atoms with Crippen molar-refractivity contribution in [1.29, 1.82) is 5.26 Å². The molecule has 0 spiro atoms. The van der Waals surface area contributed by atoms with Gasteiger partial charge in [0.15, 0.2) is 0 Å². The van der Waals surface area contributed by atoms with Crippen LogP contribution in [0.2, 0.25) is 0 Å². The van der Waals surface area contributed by atoms with E-state index in [4.69, 9.17) is 5.26 Å². The zero-order valence-electron chi connectivity index (χ0n) is 10.3. The Morgan fingerprint density at radius 2 is 2.28 bits per heavy atom. The van der Waals surface area contributed by atoms with Gasteiger partial charge in [-0.05, 0) is 19.1 Å². The van der Waals surface area contributed by atoms with Crippen molar-refractivity contribution in [2.24, 2.45) is 0 Å². The van der Waals surface area contributed by atoms with Crippen LogP contribution in [0.1, 0.15) is 24.5 Å². The maximum absolute atomic E-state index is 13.5. The lowest BCUT2D eigenvalue weighted by Crippen LogP contribution is -2.27. The van der Waals surface area contributed by atoms with Crippen molar-refractivity contribution in [1.82, 2.24) is 10.6 Å². The molecule has 0 bridgehead atoms. The number of rotatable bonds is 6. The highest BCUT2D eigenvalue weighted by Gasteiger charge is 2.04. The Labute approximate surface area is 106 Å². The number of nitrogens with one attached hydrogen (secondary N) is 2. The highest BCUT2D eigenvalue weighted by molar-refractivity contribution is 5.75. The second-order valence-corrected chi connectivity index (χ2v) is 3.80. The van der Waals surface area contributed by atoms with Crippen LogP contribution in [0.25, 0.3) is 0 Å². The lowest BCUT2D eigenvalue weighted by atomic mass is 10.1. The van der Waals surface area contributed by atoms with Crippen molar-refractivity contribution in [3.8, 4) is 6.07 Å². The van der Waals surface area contributed by atoms with Crippen LogP contribution in [0.3, 0.4) is 0 Å². The quantitative estimate of drug-likeness (QED) is 0.747. The molecule has 5 heteroatoms. The van der Waals surface area contributed by atoms with Crippen molar-refractivity contribution in [2.75, 3.05) is 13.1 Å². The Kier molecular flexibility index (Phi) is 5.81. The topological polar surface area (TPSA) is 64.9 Å². The zero-order valence-corrected chi connectivity index (χ0v) is 10.3. The number of hydrogen-bond donors (Lipinski definition) is 2. The van der Waals surface area contributed by atoms with Gasteiger partial charge in [0.1, 0.15) is 5.82 Å². The number of amides is 1. The summed E-state index contributed by atoms with van der Waals surface area (Å²) in [6.07, 6.45) is 0.367. The highest BCUT2D eigenvalue weighted by atomic mass is 19.1. The molecule has 0 fully saturated rings. The van der Waals surface area contributed by atoms with E-state index < -0.39 is 5.82 Å². The van der Waals surface area contributed by atoms with E-state index in [1.165, 1.54) is 6.07 Å². The molecule has 0 aliphatic rings. The first kappa shape index (κ1) is 14.1. The van der Waals surface area contributed by atoms with Crippen molar-refractivity contribution in [3.05, 3.63) is 35.1 Å². The summed E-state index contributed by atoms with van der Waals surface area (Å²) in [5.74, 6) is -0.426. The summed E-state index contributed by atoms with van der Waals surface area (Å²) in [6.45, 7) is 3.31. The molecule has 0 radical (unpaired) electrons. The average molecular weight is 249 g/mol. The molecule has 0 unspecified atom stereocenters. The molecule has 2 N–H and O–H groups in total. The lowest BCUT2D eigenvalue weighted by Gasteiger charge is -2.06. The minimum atomic E-state index is -0.403. The fourth-order valence-electron chi connectivity index (χ4n) is 1.47. The predicted molar refractivity (Wildman–Crippen MR) is 66.1 cm³/mol. The van der Waals surface area contributed by atoms with E-state index in [2.05, 4.69) is 10.6 Å². The number of carbonyl (C=O) groups excluding carboxylic acids is 1. The van der Waals surface area contributed by atoms with Crippen LogP contribution in [0.15, 0.2) is 18.2 Å². The maximum atomic E-state index is 13.5. The van der Waals surface area contributed by atoms with E-state index in [-0.39, 0.29) is 5.91 Å². The fraction of sp³-hybridized carbons (Fsp3) is 0.385. The van der Waals surface area contributed by atoms with Gasteiger partial charge in [0.2, 0.25) is 5.91 Å². The average Bonchev–Trinajstić information content (AvgIpc) is 2.36. The third-order valence-electron chi connectivity index (χ3n) is 2.40. The van der Waals surface area contributed by atoms with Crippen molar-refractivity contribution >= 4 is 5.91 Å². The van der Waals surface area contributed by atoms with E-state index in [0.29, 0.717) is 37.2 Å². The first-order valence-corrected chi connectivity index (χ1v) is 5.83. The summed E-state index contributed by atoms with van der Waals surface area (Å²) in [6, 6.07) is 6.24. The largest absolute Gasteiger partial charge is 0.356 e. The molecule has 0 aromatic heterocycles. The number of nitriles is 1. The molecule has 1 rings (SSSR count). The number of hydrogen-bond acceptors (Lipinski definition) is 3. The Morgan fingerprint density at radius 3 is 2.89 bits per heavy atom. The van der Waals surface area contributed by atoms with E-state index in [1.54, 1.807) is 12.1 Å². The van der Waals surface area contributed by atoms with E-state index in [9.17, 15) is 9.18 Å². The molecule has 18 heavy (non-hydrogen) atoms. The van der Waals surface area contributed by atoms with Crippen molar-refractivity contribution in [2.45, 2.75) is 19.9 Å². The number of benzene rings is 1. The Bertz CT molecular complexity index is 454. The molecule has 0 saturated heterocycles. The van der Waals surface area contributed by atoms with Gasteiger partial charge in [0, 0.05) is 31.6 Å². The molecule has 0 atom stereocenters. The molecule has 0 heterocycles. The van der Waals surface area contributed by atoms with Gasteiger partial charge >= 0.3 is 0 Å². The first-order valence-electron chi connectivity index (χ1n) is 5.83. The Hall–Kier alpha value is -1.93. The zero-order chi connectivity index (χ0) is 13.4. The molecule has 1 aromatic rings. The molecule has 0 aliphatic heterocycles. The number of nitrogens with zero attached hydrogens (tertiary/aromatic N) is 1. The standard InChI is InChI=1S/C13H16FN3O/c1-2-17-13(18)5-6-16-9-11-4-3-10(8-15)7-12(11)14/h3-4,7,16H,2,5-6,9H2,1H3,(H,17,18). The second-order valence-electron chi connectivity index (χ2n) is 3.80. The molecule has 0 saturated carbocycles. The lowest BCUT2D eigenvalue weighted by molar-refractivity contribution is -0.120. The van der Waals surface area contributed by atoms with Gasteiger partial charge in [-0.15, -0.1) is 0 Å². The molecular weight excluding hydrogens is 233 g/mol. The van der Waals surface area contributed by atoms with Crippen LogP contribution >= 0.6 is 0 Å². The highest BCUT2D eigenvalue weighted by Crippen LogP contribution is 2.09. The molecule has 1 aromatic carbocycles. The minimum Gasteiger partial charge on any atom is -0.356 e. The Balaban J connectivity index is 2.36. The van der Waals surface area contributed by atoms with Crippen LogP contribution in [-0.2, 0) is 11.3 Å². The molecule has 1 amide bonds. The van der Waals surface area contributed by atoms with Crippen molar-refractivity contribution in [3.63, 3.8) is 0 Å². The van der Waals surface area contributed by atoms with Gasteiger partial charge < -0.3 is 10.6 Å². The summed E-state index contributed by atoms with van der Waals surface area (Å²) in [7, 11) is 0. The normalized spacial score (nSPS) is 9.83. The van der Waals surface area contributed by atoms with Gasteiger partial charge in [-0.25, -0.2) is 4.39 Å². The Morgan fingerprint density at radius 1 is 1.50 bits per heavy atom. The summed E-state index contributed by atoms with van der Waals surface area (Å²) in [4.78, 5) is 11.1. The number of halogens is 1. The third kappa shape index (κ3) is 4.52. The first-order chi connectivity index (χ1) is 8.67. The van der Waals surface area contributed by atoms with Crippen molar-refractivity contribution < 1.29 is 9.18 Å². The summed E-state index contributed by atoms with van der Waals surface area (Å²) >= 11 is 0. The smallest absolute Gasteiger partial charge is 0.221 e. The molecule has 4 nitrogen and oxygen atoms in total. The maximum Gasteiger partial charge on any atom is 0.221 e. The monoisotopic (exact) mass is 249 g/mol. The summed E-state index contributed by atoms with van der Waals surface area (Å²) < 4.78 is 13.5. The SMILES string of the molecule is CCNC(=O)CCNCc1ccc(C#N)cc1F. The van der Waals surface area contributed by atoms with Crippen LogP contribution < -0.4 is 10.6 Å². The second kappa shape index (κ2) is 7.41. The molecular formula is C13H16FN3O. The van der Waals surface area contributed by atoms with Gasteiger partial charge in [-0.1, -0.05) is 6.07 Å². The van der Waals surface area contributed by atoms with Gasteiger partial charge in [0.25, 0.3) is 0 Å². The van der Waals surface area contributed by atoms with Crippen LogP contribution in [0, 0.1) is 17.1 Å².